The molecule has 1 saturated heterocycles. The van der Waals surface area contributed by atoms with E-state index >= 15 is 0 Å². The van der Waals surface area contributed by atoms with Crippen LogP contribution < -0.4 is 0 Å². The fourth-order valence-corrected chi connectivity index (χ4v) is 1.99. The zero-order valence-electron chi connectivity index (χ0n) is 6.02. The molecule has 9 heteroatoms. The zero-order chi connectivity index (χ0) is 10.7. The second-order valence-electron chi connectivity index (χ2n) is 2.54. The third kappa shape index (κ3) is 0.997. The van der Waals surface area contributed by atoms with Crippen LogP contribution in [-0.4, -0.2) is 25.4 Å². The van der Waals surface area contributed by atoms with Crippen LogP contribution in [-0.2, 0) is 14.3 Å². The monoisotopic (exact) mass is 226 g/mol. The summed E-state index contributed by atoms with van der Waals surface area (Å²) in [5.74, 6) is -4.73. The van der Waals surface area contributed by atoms with Crippen molar-refractivity contribution in [1.82, 2.24) is 0 Å². The van der Waals surface area contributed by atoms with Gasteiger partial charge in [-0.25, -0.2) is 13.2 Å². The molecule has 3 nitrogen and oxygen atoms in total. The third-order valence-electron chi connectivity index (χ3n) is 1.50. The smallest absolute Gasteiger partial charge is 0.207 e. The molecule has 0 aliphatic carbocycles. The molecule has 0 saturated carbocycles. The Balaban J connectivity index is 3.29. The Morgan fingerprint density at radius 1 is 1.23 bits per heavy atom. The fraction of sp³-hybridized carbons (Fsp3) is 1.00. The molecule has 0 N–H and O–H groups in total. The number of hydrogen-bond donors (Lipinski definition) is 0. The van der Waals surface area contributed by atoms with Gasteiger partial charge in [0.05, 0.1) is 0 Å². The lowest BCUT2D eigenvalue weighted by molar-refractivity contribution is -0.324. The Morgan fingerprint density at radius 3 is 1.69 bits per heavy atom. The Morgan fingerprint density at radius 2 is 1.62 bits per heavy atom. The van der Waals surface area contributed by atoms with Crippen molar-refractivity contribution in [3.8, 4) is 0 Å². The quantitative estimate of drug-likeness (QED) is 0.499. The first kappa shape index (κ1) is 10.6. The molecule has 1 fully saturated rings. The van der Waals surface area contributed by atoms with Crippen molar-refractivity contribution in [2.75, 3.05) is 0 Å². The van der Waals surface area contributed by atoms with Gasteiger partial charge in [-0.05, 0) is 0 Å². The van der Waals surface area contributed by atoms with Gasteiger partial charge in [0, 0.05) is 6.92 Å². The van der Waals surface area contributed by atoms with E-state index in [4.69, 9.17) is 0 Å². The summed E-state index contributed by atoms with van der Waals surface area (Å²) < 4.78 is 84.7. The molecular formula is C4H3F5O3S. The van der Waals surface area contributed by atoms with Crippen LogP contribution in [0.2, 0.25) is 0 Å². The van der Waals surface area contributed by atoms with Crippen LogP contribution in [0.15, 0.2) is 0 Å². The molecule has 1 aliphatic rings. The summed E-state index contributed by atoms with van der Waals surface area (Å²) in [5, 5.41) is -4.97. The van der Waals surface area contributed by atoms with Gasteiger partial charge in [-0.2, -0.15) is 21.4 Å². The van der Waals surface area contributed by atoms with E-state index in [2.05, 4.69) is 4.18 Å². The molecule has 1 rings (SSSR count). The van der Waals surface area contributed by atoms with E-state index in [1.54, 1.807) is 0 Å². The maximum atomic E-state index is 12.8. The van der Waals surface area contributed by atoms with Crippen LogP contribution in [0.4, 0.5) is 22.0 Å². The minimum absolute atomic E-state index is 0.263. The van der Waals surface area contributed by atoms with Gasteiger partial charge in [0.25, 0.3) is 0 Å². The Labute approximate surface area is 69.6 Å². The summed E-state index contributed by atoms with van der Waals surface area (Å²) in [7, 11) is -5.55. The highest BCUT2D eigenvalue weighted by Gasteiger charge is 2.87. The maximum Gasteiger partial charge on any atom is 0.426 e. The number of rotatable bonds is 1. The van der Waals surface area contributed by atoms with Crippen molar-refractivity contribution in [2.24, 2.45) is 0 Å². The van der Waals surface area contributed by atoms with Gasteiger partial charge in [-0.15, -0.1) is 0 Å². The average molecular weight is 226 g/mol. The van der Waals surface area contributed by atoms with E-state index in [1.807, 2.05) is 0 Å². The third-order valence-corrected chi connectivity index (χ3v) is 3.21. The molecule has 1 heterocycles. The van der Waals surface area contributed by atoms with E-state index in [9.17, 15) is 30.4 Å². The van der Waals surface area contributed by atoms with Crippen LogP contribution >= 0.6 is 0 Å². The number of halogens is 5. The summed E-state index contributed by atoms with van der Waals surface area (Å²) >= 11 is 0. The van der Waals surface area contributed by atoms with E-state index in [-0.39, 0.29) is 6.92 Å². The highest BCUT2D eigenvalue weighted by Crippen LogP contribution is 2.57. The predicted octanol–water partition coefficient (Wildman–Crippen LogP) is 1.26. The van der Waals surface area contributed by atoms with E-state index in [0.29, 0.717) is 0 Å². The minimum Gasteiger partial charge on any atom is -0.207 e. The summed E-state index contributed by atoms with van der Waals surface area (Å²) in [4.78, 5) is 0. The van der Waals surface area contributed by atoms with Crippen molar-refractivity contribution in [3.63, 3.8) is 0 Å². The average Bonchev–Trinajstić information content (AvgIpc) is 1.80. The first-order valence-corrected chi connectivity index (χ1v) is 4.26. The predicted molar refractivity (Wildman–Crippen MR) is 29.4 cm³/mol. The summed E-state index contributed by atoms with van der Waals surface area (Å²) in [6.07, 6.45) is -5.01. The van der Waals surface area contributed by atoms with Crippen LogP contribution in [0, 0.1) is 0 Å². The molecule has 0 aromatic carbocycles. The van der Waals surface area contributed by atoms with E-state index in [0.717, 1.165) is 0 Å². The molecule has 1 unspecified atom stereocenters. The topological polar surface area (TPSA) is 43.4 Å². The van der Waals surface area contributed by atoms with Gasteiger partial charge in [-0.1, -0.05) is 0 Å². The lowest BCUT2D eigenvalue weighted by atomic mass is 10.2. The van der Waals surface area contributed by atoms with Crippen LogP contribution in [0.5, 0.6) is 0 Å². The lowest BCUT2D eigenvalue weighted by Gasteiger charge is -2.42. The normalized spacial score (nSPS) is 36.8. The zero-order valence-corrected chi connectivity index (χ0v) is 6.84. The summed E-state index contributed by atoms with van der Waals surface area (Å²) in [5.41, 5.74) is 0. The van der Waals surface area contributed by atoms with Gasteiger partial charge in [0.2, 0.25) is 0 Å². The fourth-order valence-electron chi connectivity index (χ4n) is 0.835. The van der Waals surface area contributed by atoms with Crippen LogP contribution in [0.3, 0.4) is 0 Å². The molecular weight excluding hydrogens is 223 g/mol. The van der Waals surface area contributed by atoms with Gasteiger partial charge in [0.1, 0.15) is 0 Å². The molecule has 1 aliphatic heterocycles. The van der Waals surface area contributed by atoms with Gasteiger partial charge in [0.15, 0.2) is 0 Å². The van der Waals surface area contributed by atoms with Crippen LogP contribution in [0.1, 0.15) is 6.92 Å². The Kier molecular flexibility index (Phi) is 1.75. The first-order valence-electron chi connectivity index (χ1n) is 2.85. The highest BCUT2D eigenvalue weighted by atomic mass is 32.2. The van der Waals surface area contributed by atoms with Crippen molar-refractivity contribution in [1.29, 1.82) is 0 Å². The summed E-state index contributed by atoms with van der Waals surface area (Å²) in [6.45, 7) is -0.263. The van der Waals surface area contributed by atoms with E-state index in [1.165, 1.54) is 0 Å². The standard InChI is InChI=1S/C4H3F5O3S/c1-2(5,6)3(7)4(8,9)12-13(3,10)11/h1H3. The molecule has 0 aromatic heterocycles. The van der Waals surface area contributed by atoms with Gasteiger partial charge in [-0.3, -0.25) is 0 Å². The van der Waals surface area contributed by atoms with Crippen molar-refractivity contribution in [3.05, 3.63) is 0 Å². The number of hydrogen-bond acceptors (Lipinski definition) is 3. The second-order valence-corrected chi connectivity index (χ2v) is 4.18. The molecule has 78 valence electrons. The van der Waals surface area contributed by atoms with Crippen LogP contribution in [0.25, 0.3) is 0 Å². The highest BCUT2D eigenvalue weighted by molar-refractivity contribution is 7.89. The molecule has 1 atom stereocenters. The molecule has 0 aromatic rings. The first-order chi connectivity index (χ1) is 5.46. The molecule has 13 heavy (non-hydrogen) atoms. The molecule has 0 amide bonds. The minimum atomic E-state index is -5.55. The molecule has 0 bridgehead atoms. The van der Waals surface area contributed by atoms with Crippen molar-refractivity contribution < 1.29 is 34.6 Å². The largest absolute Gasteiger partial charge is 0.426 e. The van der Waals surface area contributed by atoms with Crippen molar-refractivity contribution in [2.45, 2.75) is 24.0 Å². The second kappa shape index (κ2) is 2.14. The Bertz CT molecular complexity index is 318. The van der Waals surface area contributed by atoms with Gasteiger partial charge >= 0.3 is 27.2 Å². The lowest BCUT2D eigenvalue weighted by Crippen LogP contribution is -2.71. The number of alkyl halides is 5. The molecule has 0 spiro atoms. The summed E-state index contributed by atoms with van der Waals surface area (Å²) in [6, 6.07) is 0. The van der Waals surface area contributed by atoms with Gasteiger partial charge < -0.3 is 0 Å². The Hall–Kier alpha value is -0.440. The SMILES string of the molecule is CC(F)(F)C1(F)C(F)(F)OS1(=O)=O. The van der Waals surface area contributed by atoms with E-state index < -0.39 is 27.2 Å². The maximum absolute atomic E-state index is 12.8. The molecule has 0 radical (unpaired) electrons. The van der Waals surface area contributed by atoms with Crippen molar-refractivity contribution >= 4 is 10.1 Å².